The number of phenolic OH excluding ortho intramolecular Hbond substituents is 1. The van der Waals surface area contributed by atoms with Crippen molar-refractivity contribution in [3.05, 3.63) is 53.6 Å². The summed E-state index contributed by atoms with van der Waals surface area (Å²) in [4.78, 5) is 23.9. The van der Waals surface area contributed by atoms with E-state index in [4.69, 9.17) is 4.74 Å². The molecule has 0 atom stereocenters. The van der Waals surface area contributed by atoms with Crippen LogP contribution in [-0.2, 0) is 4.79 Å². The minimum Gasteiger partial charge on any atom is -0.504 e. The summed E-state index contributed by atoms with van der Waals surface area (Å²) in [5, 5.41) is 16.4. The molecule has 0 heterocycles. The first kappa shape index (κ1) is 21.0. The van der Waals surface area contributed by atoms with Gasteiger partial charge in [-0.05, 0) is 60.9 Å². The molecular weight excluding hydrogens is 358 g/mol. The second kappa shape index (κ2) is 10.1. The number of amides is 2. The van der Waals surface area contributed by atoms with E-state index in [1.54, 1.807) is 36.4 Å². The number of anilines is 1. The van der Waals surface area contributed by atoms with Crippen LogP contribution in [0, 0.1) is 5.92 Å². The third-order valence-electron chi connectivity index (χ3n) is 3.69. The summed E-state index contributed by atoms with van der Waals surface area (Å²) in [6, 6.07) is 11.4. The van der Waals surface area contributed by atoms with Crippen LogP contribution in [0.2, 0.25) is 0 Å². The standard InChI is InChI=1S/C21H25N3O4/c1-4-28-19-12-15(5-10-18(19)25)13-22-24-21(27)16-6-8-17(9-7-16)23-20(26)11-14(2)3/h5-10,12-14,25H,4,11H2,1-3H3,(H,23,26)(H,24,27)/b22-13+. The van der Waals surface area contributed by atoms with Crippen LogP contribution < -0.4 is 15.5 Å². The second-order valence-corrected chi connectivity index (χ2v) is 6.58. The average molecular weight is 383 g/mol. The lowest BCUT2D eigenvalue weighted by atomic mass is 10.1. The van der Waals surface area contributed by atoms with E-state index in [0.29, 0.717) is 35.6 Å². The van der Waals surface area contributed by atoms with Crippen molar-refractivity contribution in [1.29, 1.82) is 0 Å². The predicted octanol–water partition coefficient (Wildman–Crippen LogP) is 3.54. The van der Waals surface area contributed by atoms with E-state index in [2.05, 4.69) is 15.8 Å². The number of benzene rings is 2. The lowest BCUT2D eigenvalue weighted by Gasteiger charge is -2.08. The number of hydrogen-bond donors (Lipinski definition) is 3. The molecule has 0 aromatic heterocycles. The van der Waals surface area contributed by atoms with Crippen LogP contribution in [-0.4, -0.2) is 29.7 Å². The first-order valence-corrected chi connectivity index (χ1v) is 9.08. The maximum atomic E-state index is 12.2. The van der Waals surface area contributed by atoms with Crippen molar-refractivity contribution >= 4 is 23.7 Å². The first-order valence-electron chi connectivity index (χ1n) is 9.08. The molecule has 0 saturated carbocycles. The molecule has 2 rings (SSSR count). The number of rotatable bonds is 8. The van der Waals surface area contributed by atoms with E-state index in [9.17, 15) is 14.7 Å². The highest BCUT2D eigenvalue weighted by Crippen LogP contribution is 2.26. The molecule has 2 aromatic rings. The van der Waals surface area contributed by atoms with Crippen molar-refractivity contribution in [2.45, 2.75) is 27.2 Å². The van der Waals surface area contributed by atoms with Gasteiger partial charge in [-0.25, -0.2) is 5.43 Å². The van der Waals surface area contributed by atoms with Crippen molar-refractivity contribution in [2.75, 3.05) is 11.9 Å². The Bertz CT molecular complexity index is 845. The third-order valence-corrected chi connectivity index (χ3v) is 3.69. The highest BCUT2D eigenvalue weighted by atomic mass is 16.5. The van der Waals surface area contributed by atoms with E-state index in [1.807, 2.05) is 20.8 Å². The Balaban J connectivity index is 1.93. The van der Waals surface area contributed by atoms with Gasteiger partial charge in [-0.15, -0.1) is 0 Å². The van der Waals surface area contributed by atoms with Gasteiger partial charge in [-0.3, -0.25) is 9.59 Å². The molecule has 0 radical (unpaired) electrons. The largest absolute Gasteiger partial charge is 0.504 e. The molecule has 3 N–H and O–H groups in total. The maximum Gasteiger partial charge on any atom is 0.271 e. The number of carbonyl (C=O) groups is 2. The molecule has 0 unspecified atom stereocenters. The molecule has 0 saturated heterocycles. The van der Waals surface area contributed by atoms with Crippen LogP contribution in [0.4, 0.5) is 5.69 Å². The number of carbonyl (C=O) groups excluding carboxylic acids is 2. The Morgan fingerprint density at radius 2 is 1.89 bits per heavy atom. The van der Waals surface area contributed by atoms with Gasteiger partial charge < -0.3 is 15.2 Å². The van der Waals surface area contributed by atoms with Crippen LogP contribution >= 0.6 is 0 Å². The van der Waals surface area contributed by atoms with Crippen molar-refractivity contribution in [3.8, 4) is 11.5 Å². The Morgan fingerprint density at radius 1 is 1.18 bits per heavy atom. The fraction of sp³-hybridized carbons (Fsp3) is 0.286. The van der Waals surface area contributed by atoms with Crippen molar-refractivity contribution in [2.24, 2.45) is 11.0 Å². The SMILES string of the molecule is CCOc1cc(/C=N/NC(=O)c2ccc(NC(=O)CC(C)C)cc2)ccc1O. The molecule has 0 aliphatic rings. The number of phenols is 1. The van der Waals surface area contributed by atoms with Crippen LogP contribution in [0.25, 0.3) is 0 Å². The van der Waals surface area contributed by atoms with Gasteiger partial charge in [0.25, 0.3) is 5.91 Å². The number of ether oxygens (including phenoxy) is 1. The summed E-state index contributed by atoms with van der Waals surface area (Å²) < 4.78 is 5.30. The molecule has 2 aromatic carbocycles. The van der Waals surface area contributed by atoms with Gasteiger partial charge in [0, 0.05) is 17.7 Å². The zero-order chi connectivity index (χ0) is 20.5. The maximum absolute atomic E-state index is 12.2. The molecule has 7 nitrogen and oxygen atoms in total. The number of hydrogen-bond acceptors (Lipinski definition) is 5. The van der Waals surface area contributed by atoms with E-state index in [-0.39, 0.29) is 23.5 Å². The summed E-state index contributed by atoms with van der Waals surface area (Å²) in [5.74, 6) is 0.245. The van der Waals surface area contributed by atoms with Gasteiger partial charge in [-0.1, -0.05) is 13.8 Å². The van der Waals surface area contributed by atoms with Crippen molar-refractivity contribution in [3.63, 3.8) is 0 Å². The smallest absolute Gasteiger partial charge is 0.271 e. The minimum absolute atomic E-state index is 0.0450. The topological polar surface area (TPSA) is 100 Å². The van der Waals surface area contributed by atoms with Crippen LogP contribution in [0.15, 0.2) is 47.6 Å². The van der Waals surface area contributed by atoms with E-state index < -0.39 is 0 Å². The zero-order valence-electron chi connectivity index (χ0n) is 16.2. The van der Waals surface area contributed by atoms with Crippen LogP contribution in [0.3, 0.4) is 0 Å². The fourth-order valence-electron chi connectivity index (χ4n) is 2.40. The van der Waals surface area contributed by atoms with Crippen LogP contribution in [0.5, 0.6) is 11.5 Å². The van der Waals surface area contributed by atoms with E-state index >= 15 is 0 Å². The highest BCUT2D eigenvalue weighted by Gasteiger charge is 2.08. The summed E-state index contributed by atoms with van der Waals surface area (Å²) in [5.41, 5.74) is 4.16. The molecule has 28 heavy (non-hydrogen) atoms. The summed E-state index contributed by atoms with van der Waals surface area (Å²) in [6.45, 7) is 6.20. The van der Waals surface area contributed by atoms with Crippen molar-refractivity contribution < 1.29 is 19.4 Å². The first-order chi connectivity index (χ1) is 13.4. The fourth-order valence-corrected chi connectivity index (χ4v) is 2.40. The molecule has 0 fully saturated rings. The molecular formula is C21H25N3O4. The van der Waals surface area contributed by atoms with Gasteiger partial charge in [0.05, 0.1) is 12.8 Å². The monoisotopic (exact) mass is 383 g/mol. The number of nitrogens with zero attached hydrogens (tertiary/aromatic N) is 1. The Labute approximate surface area is 164 Å². The lowest BCUT2D eigenvalue weighted by molar-refractivity contribution is -0.116. The Kier molecular flexibility index (Phi) is 7.56. The summed E-state index contributed by atoms with van der Waals surface area (Å²) in [6.07, 6.45) is 1.90. The number of nitrogens with one attached hydrogen (secondary N) is 2. The van der Waals surface area contributed by atoms with Gasteiger partial charge in [0.2, 0.25) is 5.91 Å². The molecule has 2 amide bonds. The van der Waals surface area contributed by atoms with Gasteiger partial charge in [0.15, 0.2) is 11.5 Å². The highest BCUT2D eigenvalue weighted by molar-refractivity contribution is 5.96. The minimum atomic E-state index is -0.375. The van der Waals surface area contributed by atoms with Gasteiger partial charge in [-0.2, -0.15) is 5.10 Å². The quantitative estimate of drug-likeness (QED) is 0.479. The molecule has 0 spiro atoms. The van der Waals surface area contributed by atoms with E-state index in [0.717, 1.165) is 0 Å². The predicted molar refractivity (Wildman–Crippen MR) is 109 cm³/mol. The summed E-state index contributed by atoms with van der Waals surface area (Å²) >= 11 is 0. The normalized spacial score (nSPS) is 10.9. The summed E-state index contributed by atoms with van der Waals surface area (Å²) in [7, 11) is 0. The average Bonchev–Trinajstić information content (AvgIpc) is 2.64. The van der Waals surface area contributed by atoms with Gasteiger partial charge in [0.1, 0.15) is 0 Å². The van der Waals surface area contributed by atoms with Crippen molar-refractivity contribution in [1.82, 2.24) is 5.43 Å². The molecule has 7 heteroatoms. The molecule has 0 bridgehead atoms. The van der Waals surface area contributed by atoms with Crippen LogP contribution in [0.1, 0.15) is 43.1 Å². The lowest BCUT2D eigenvalue weighted by Crippen LogP contribution is -2.18. The van der Waals surface area contributed by atoms with E-state index in [1.165, 1.54) is 12.3 Å². The van der Waals surface area contributed by atoms with Gasteiger partial charge >= 0.3 is 0 Å². The molecule has 0 aliphatic heterocycles. The number of hydrazone groups is 1. The molecule has 148 valence electrons. The third kappa shape index (κ3) is 6.42. The Hall–Kier alpha value is -3.35. The second-order valence-electron chi connectivity index (χ2n) is 6.58. The Morgan fingerprint density at radius 3 is 2.54 bits per heavy atom. The zero-order valence-corrected chi connectivity index (χ0v) is 16.2. The number of aromatic hydroxyl groups is 1. The molecule has 0 aliphatic carbocycles.